The fourth-order valence-corrected chi connectivity index (χ4v) is 4.18. The predicted octanol–water partition coefficient (Wildman–Crippen LogP) is 6.28. The van der Waals surface area contributed by atoms with Crippen molar-refractivity contribution in [1.29, 1.82) is 0 Å². The molecule has 0 aliphatic carbocycles. The van der Waals surface area contributed by atoms with Crippen LogP contribution in [0.2, 0.25) is 0 Å². The molecule has 0 aliphatic heterocycles. The minimum Gasteiger partial charge on any atom is -0.342 e. The second-order valence-corrected chi connectivity index (χ2v) is 10.5. The Hall–Kier alpha value is -2.93. The standard InChI is InChI=1S/C28H28IN3O/c1-28(2,3)23-12-8-20(9-13-23)16-27(33)31-30-17-22-19-32(26-7-5-4-6-25(22)26)18-21-10-14-24(29)15-11-21/h4-15,17,19H,16,18H2,1-3H3,(H,31,33)/b30-17-. The average molecular weight is 549 g/mol. The van der Waals surface area contributed by atoms with Gasteiger partial charge in [-0.25, -0.2) is 5.43 Å². The Bertz CT molecular complexity index is 1280. The van der Waals surface area contributed by atoms with Crippen LogP contribution in [0.3, 0.4) is 0 Å². The molecule has 0 fully saturated rings. The number of halogens is 1. The summed E-state index contributed by atoms with van der Waals surface area (Å²) >= 11 is 2.32. The summed E-state index contributed by atoms with van der Waals surface area (Å²) in [4.78, 5) is 12.4. The lowest BCUT2D eigenvalue weighted by molar-refractivity contribution is -0.120. The lowest BCUT2D eigenvalue weighted by Gasteiger charge is -2.19. The molecule has 4 aromatic rings. The molecule has 3 aromatic carbocycles. The topological polar surface area (TPSA) is 46.4 Å². The number of carbonyl (C=O) groups excluding carboxylic acids is 1. The zero-order valence-electron chi connectivity index (χ0n) is 19.2. The van der Waals surface area contributed by atoms with E-state index in [0.717, 1.165) is 28.6 Å². The van der Waals surface area contributed by atoms with Crippen LogP contribution in [-0.2, 0) is 23.2 Å². The monoisotopic (exact) mass is 549 g/mol. The molecular weight excluding hydrogens is 521 g/mol. The molecule has 1 amide bonds. The summed E-state index contributed by atoms with van der Waals surface area (Å²) in [6.07, 6.45) is 4.12. The van der Waals surface area contributed by atoms with Gasteiger partial charge in [-0.1, -0.05) is 75.4 Å². The molecule has 0 saturated carbocycles. The molecule has 5 heteroatoms. The number of carbonyl (C=O) groups is 1. The zero-order chi connectivity index (χ0) is 23.4. The van der Waals surface area contributed by atoms with Crippen LogP contribution < -0.4 is 5.43 Å². The van der Waals surface area contributed by atoms with Crippen molar-refractivity contribution in [3.63, 3.8) is 0 Å². The SMILES string of the molecule is CC(C)(C)c1ccc(CC(=O)N/N=C\c2cn(Cc3ccc(I)cc3)c3ccccc23)cc1. The van der Waals surface area contributed by atoms with Crippen molar-refractivity contribution in [3.8, 4) is 0 Å². The second-order valence-electron chi connectivity index (χ2n) is 9.27. The van der Waals surface area contributed by atoms with E-state index in [2.05, 4.69) is 113 Å². The van der Waals surface area contributed by atoms with Crippen LogP contribution in [0, 0.1) is 3.57 Å². The summed E-state index contributed by atoms with van der Waals surface area (Å²) in [5.41, 5.74) is 8.37. The first-order chi connectivity index (χ1) is 15.8. The smallest absolute Gasteiger partial charge is 0.244 e. The molecule has 4 rings (SSSR count). The quantitative estimate of drug-likeness (QED) is 0.172. The number of nitrogens with one attached hydrogen (secondary N) is 1. The number of para-hydroxylation sites is 1. The summed E-state index contributed by atoms with van der Waals surface area (Å²) in [6, 6.07) is 25.0. The Kier molecular flexibility index (Phi) is 6.98. The van der Waals surface area contributed by atoms with E-state index in [4.69, 9.17) is 0 Å². The van der Waals surface area contributed by atoms with Crippen molar-refractivity contribution < 1.29 is 4.79 Å². The molecule has 0 radical (unpaired) electrons. The summed E-state index contributed by atoms with van der Waals surface area (Å²) in [5.74, 6) is -0.127. The Balaban J connectivity index is 1.44. The Morgan fingerprint density at radius 3 is 2.33 bits per heavy atom. The van der Waals surface area contributed by atoms with Crippen LogP contribution in [0.1, 0.15) is 43.0 Å². The van der Waals surface area contributed by atoms with Gasteiger partial charge in [0.05, 0.1) is 12.6 Å². The van der Waals surface area contributed by atoms with Crippen molar-refractivity contribution in [3.05, 3.63) is 105 Å². The van der Waals surface area contributed by atoms with Gasteiger partial charge in [-0.15, -0.1) is 0 Å². The molecule has 0 unspecified atom stereocenters. The zero-order valence-corrected chi connectivity index (χ0v) is 21.3. The molecule has 0 spiro atoms. The number of fused-ring (bicyclic) bond motifs is 1. The van der Waals surface area contributed by atoms with Crippen molar-refractivity contribution in [1.82, 2.24) is 9.99 Å². The molecule has 4 nitrogen and oxygen atoms in total. The maximum Gasteiger partial charge on any atom is 0.244 e. The van der Waals surface area contributed by atoms with Crippen molar-refractivity contribution in [2.45, 2.75) is 39.2 Å². The third kappa shape index (κ3) is 5.90. The van der Waals surface area contributed by atoms with Crippen LogP contribution in [0.15, 0.2) is 84.1 Å². The number of hydrazone groups is 1. The highest BCUT2D eigenvalue weighted by molar-refractivity contribution is 14.1. The highest BCUT2D eigenvalue weighted by atomic mass is 127. The molecule has 1 heterocycles. The van der Waals surface area contributed by atoms with Crippen LogP contribution in [-0.4, -0.2) is 16.7 Å². The van der Waals surface area contributed by atoms with E-state index in [0.29, 0.717) is 6.42 Å². The molecule has 0 saturated heterocycles. The third-order valence-electron chi connectivity index (χ3n) is 5.66. The van der Waals surface area contributed by atoms with Gasteiger partial charge in [0, 0.05) is 32.8 Å². The largest absolute Gasteiger partial charge is 0.342 e. The first-order valence-corrected chi connectivity index (χ1v) is 12.1. The van der Waals surface area contributed by atoms with Crippen molar-refractivity contribution in [2.24, 2.45) is 5.10 Å². The van der Waals surface area contributed by atoms with Crippen LogP contribution >= 0.6 is 22.6 Å². The van der Waals surface area contributed by atoms with E-state index in [9.17, 15) is 4.79 Å². The third-order valence-corrected chi connectivity index (χ3v) is 6.38. The Morgan fingerprint density at radius 1 is 0.970 bits per heavy atom. The number of benzene rings is 3. The van der Waals surface area contributed by atoms with Gasteiger partial charge in [-0.05, 0) is 62.9 Å². The lowest BCUT2D eigenvalue weighted by Crippen LogP contribution is -2.20. The molecule has 0 aliphatic rings. The fourth-order valence-electron chi connectivity index (χ4n) is 3.82. The molecule has 1 N–H and O–H groups in total. The van der Waals surface area contributed by atoms with E-state index < -0.39 is 0 Å². The van der Waals surface area contributed by atoms with Gasteiger partial charge >= 0.3 is 0 Å². The number of aromatic nitrogens is 1. The molecular formula is C28H28IN3O. The average Bonchev–Trinajstić information content (AvgIpc) is 3.12. The Morgan fingerprint density at radius 2 is 1.64 bits per heavy atom. The van der Waals surface area contributed by atoms with E-state index in [1.165, 1.54) is 14.7 Å². The summed E-state index contributed by atoms with van der Waals surface area (Å²) in [6.45, 7) is 7.32. The highest BCUT2D eigenvalue weighted by Gasteiger charge is 2.13. The summed E-state index contributed by atoms with van der Waals surface area (Å²) in [5, 5.41) is 5.35. The van der Waals surface area contributed by atoms with E-state index in [1.54, 1.807) is 6.21 Å². The first-order valence-electron chi connectivity index (χ1n) is 11.0. The Labute approximate surface area is 208 Å². The van der Waals surface area contributed by atoms with Gasteiger partial charge in [0.2, 0.25) is 5.91 Å². The maximum absolute atomic E-state index is 12.4. The van der Waals surface area contributed by atoms with Gasteiger partial charge < -0.3 is 4.57 Å². The van der Waals surface area contributed by atoms with E-state index >= 15 is 0 Å². The van der Waals surface area contributed by atoms with Gasteiger partial charge in [0.15, 0.2) is 0 Å². The van der Waals surface area contributed by atoms with Crippen LogP contribution in [0.5, 0.6) is 0 Å². The minimum absolute atomic E-state index is 0.101. The van der Waals surface area contributed by atoms with Gasteiger partial charge in [0.1, 0.15) is 0 Å². The summed E-state index contributed by atoms with van der Waals surface area (Å²) in [7, 11) is 0. The minimum atomic E-state index is -0.127. The second kappa shape index (κ2) is 9.91. The molecule has 33 heavy (non-hydrogen) atoms. The molecule has 1 aromatic heterocycles. The fraction of sp³-hybridized carbons (Fsp3) is 0.214. The number of hydrogen-bond donors (Lipinski definition) is 1. The number of rotatable bonds is 6. The molecule has 168 valence electrons. The van der Waals surface area contributed by atoms with Crippen molar-refractivity contribution in [2.75, 3.05) is 0 Å². The van der Waals surface area contributed by atoms with Crippen molar-refractivity contribution >= 4 is 45.6 Å². The van der Waals surface area contributed by atoms with Gasteiger partial charge in [-0.3, -0.25) is 4.79 Å². The normalized spacial score (nSPS) is 11.9. The number of amides is 1. The number of nitrogens with zero attached hydrogens (tertiary/aromatic N) is 2. The highest BCUT2D eigenvalue weighted by Crippen LogP contribution is 2.23. The number of hydrogen-bond acceptors (Lipinski definition) is 2. The molecule has 0 atom stereocenters. The predicted molar refractivity (Wildman–Crippen MR) is 145 cm³/mol. The van der Waals surface area contributed by atoms with Gasteiger partial charge in [-0.2, -0.15) is 5.10 Å². The van der Waals surface area contributed by atoms with Gasteiger partial charge in [0.25, 0.3) is 0 Å². The lowest BCUT2D eigenvalue weighted by atomic mass is 9.86. The van der Waals surface area contributed by atoms with E-state index in [1.807, 2.05) is 24.3 Å². The maximum atomic E-state index is 12.4. The first kappa shape index (κ1) is 23.2. The van der Waals surface area contributed by atoms with Crippen LogP contribution in [0.25, 0.3) is 10.9 Å². The molecule has 0 bridgehead atoms. The van der Waals surface area contributed by atoms with E-state index in [-0.39, 0.29) is 11.3 Å². The summed E-state index contributed by atoms with van der Waals surface area (Å²) < 4.78 is 3.44. The van der Waals surface area contributed by atoms with Crippen LogP contribution in [0.4, 0.5) is 0 Å².